The number of rotatable bonds is 2. The SMILES string of the molecule is CNc1nc(N2CCc3ccccc3C2)nc2ccccc12. The summed E-state index contributed by atoms with van der Waals surface area (Å²) in [7, 11) is 1.91. The van der Waals surface area contributed by atoms with Crippen LogP contribution in [-0.4, -0.2) is 23.6 Å². The summed E-state index contributed by atoms with van der Waals surface area (Å²) in [6.07, 6.45) is 1.04. The number of nitrogens with one attached hydrogen (secondary N) is 1. The van der Waals surface area contributed by atoms with Gasteiger partial charge in [0.1, 0.15) is 5.82 Å². The highest BCUT2D eigenvalue weighted by Crippen LogP contribution is 2.26. The lowest BCUT2D eigenvalue weighted by Crippen LogP contribution is -2.31. The number of anilines is 2. The Morgan fingerprint density at radius 3 is 2.59 bits per heavy atom. The van der Waals surface area contributed by atoms with Crippen LogP contribution in [0.2, 0.25) is 0 Å². The minimum atomic E-state index is 0.803. The maximum Gasteiger partial charge on any atom is 0.228 e. The van der Waals surface area contributed by atoms with Crippen molar-refractivity contribution in [2.75, 3.05) is 23.8 Å². The molecule has 0 atom stereocenters. The quantitative estimate of drug-likeness (QED) is 0.786. The Kier molecular flexibility index (Phi) is 3.15. The van der Waals surface area contributed by atoms with Gasteiger partial charge in [0.2, 0.25) is 5.95 Å². The van der Waals surface area contributed by atoms with E-state index in [1.165, 1.54) is 11.1 Å². The molecule has 1 aliphatic rings. The zero-order valence-electron chi connectivity index (χ0n) is 12.6. The predicted octanol–water partition coefficient (Wildman–Crippen LogP) is 3.23. The van der Waals surface area contributed by atoms with E-state index in [2.05, 4.69) is 40.5 Å². The average molecular weight is 290 g/mol. The molecule has 0 unspecified atom stereocenters. The summed E-state index contributed by atoms with van der Waals surface area (Å²) in [5, 5.41) is 4.25. The molecule has 0 radical (unpaired) electrons. The van der Waals surface area contributed by atoms with Crippen molar-refractivity contribution in [2.45, 2.75) is 13.0 Å². The second-order valence-corrected chi connectivity index (χ2v) is 5.58. The molecule has 4 heteroatoms. The third kappa shape index (κ3) is 2.17. The van der Waals surface area contributed by atoms with E-state index in [0.29, 0.717) is 0 Å². The van der Waals surface area contributed by atoms with Gasteiger partial charge in [-0.2, -0.15) is 4.98 Å². The number of para-hydroxylation sites is 1. The van der Waals surface area contributed by atoms with E-state index >= 15 is 0 Å². The van der Waals surface area contributed by atoms with Crippen LogP contribution in [0.4, 0.5) is 11.8 Å². The van der Waals surface area contributed by atoms with Gasteiger partial charge in [0.25, 0.3) is 0 Å². The van der Waals surface area contributed by atoms with Crippen molar-refractivity contribution in [1.82, 2.24) is 9.97 Å². The molecule has 0 fully saturated rings. The number of hydrogen-bond acceptors (Lipinski definition) is 4. The van der Waals surface area contributed by atoms with Crippen molar-refractivity contribution < 1.29 is 0 Å². The van der Waals surface area contributed by atoms with E-state index < -0.39 is 0 Å². The number of fused-ring (bicyclic) bond motifs is 2. The van der Waals surface area contributed by atoms with Crippen LogP contribution < -0.4 is 10.2 Å². The number of aromatic nitrogens is 2. The number of nitrogens with zero attached hydrogens (tertiary/aromatic N) is 3. The number of benzene rings is 2. The van der Waals surface area contributed by atoms with Crippen molar-refractivity contribution in [3.05, 3.63) is 59.7 Å². The maximum atomic E-state index is 4.76. The fraction of sp³-hybridized carbons (Fsp3) is 0.222. The third-order valence-corrected chi connectivity index (χ3v) is 4.24. The fourth-order valence-electron chi connectivity index (χ4n) is 3.06. The Bertz CT molecular complexity index is 828. The van der Waals surface area contributed by atoms with Gasteiger partial charge in [-0.25, -0.2) is 4.98 Å². The molecule has 0 amide bonds. The minimum Gasteiger partial charge on any atom is -0.372 e. The molecule has 110 valence electrons. The van der Waals surface area contributed by atoms with Crippen LogP contribution in [0, 0.1) is 0 Å². The first-order valence-corrected chi connectivity index (χ1v) is 7.61. The molecule has 1 N–H and O–H groups in total. The van der Waals surface area contributed by atoms with Gasteiger partial charge in [-0.15, -0.1) is 0 Å². The first-order valence-electron chi connectivity index (χ1n) is 7.61. The van der Waals surface area contributed by atoms with Gasteiger partial charge in [0, 0.05) is 25.5 Å². The Balaban J connectivity index is 1.76. The molecule has 2 heterocycles. The highest BCUT2D eigenvalue weighted by atomic mass is 15.3. The monoisotopic (exact) mass is 290 g/mol. The largest absolute Gasteiger partial charge is 0.372 e. The highest BCUT2D eigenvalue weighted by molar-refractivity contribution is 5.90. The molecule has 2 aromatic carbocycles. The molecule has 4 nitrogen and oxygen atoms in total. The average Bonchev–Trinajstić information content (AvgIpc) is 2.60. The van der Waals surface area contributed by atoms with Crippen LogP contribution in [0.5, 0.6) is 0 Å². The molecule has 0 saturated carbocycles. The summed E-state index contributed by atoms with van der Waals surface area (Å²) in [6, 6.07) is 16.8. The molecule has 0 spiro atoms. The lowest BCUT2D eigenvalue weighted by Gasteiger charge is -2.29. The summed E-state index contributed by atoms with van der Waals surface area (Å²) in [4.78, 5) is 11.7. The van der Waals surface area contributed by atoms with Crippen molar-refractivity contribution in [3.63, 3.8) is 0 Å². The molecule has 0 aliphatic carbocycles. The Labute approximate surface area is 129 Å². The minimum absolute atomic E-state index is 0.803. The summed E-state index contributed by atoms with van der Waals surface area (Å²) in [5.41, 5.74) is 3.79. The Hall–Kier alpha value is -2.62. The highest BCUT2D eigenvalue weighted by Gasteiger charge is 2.19. The summed E-state index contributed by atoms with van der Waals surface area (Å²) >= 11 is 0. The van der Waals surface area contributed by atoms with Gasteiger partial charge < -0.3 is 10.2 Å². The van der Waals surface area contributed by atoms with Crippen molar-refractivity contribution in [1.29, 1.82) is 0 Å². The number of hydrogen-bond donors (Lipinski definition) is 1. The molecular formula is C18H18N4. The van der Waals surface area contributed by atoms with Crippen LogP contribution >= 0.6 is 0 Å². The van der Waals surface area contributed by atoms with Crippen LogP contribution in [-0.2, 0) is 13.0 Å². The second kappa shape index (κ2) is 5.30. The lowest BCUT2D eigenvalue weighted by atomic mass is 10.0. The van der Waals surface area contributed by atoms with E-state index in [-0.39, 0.29) is 0 Å². The summed E-state index contributed by atoms with van der Waals surface area (Å²) in [6.45, 7) is 1.83. The summed E-state index contributed by atoms with van der Waals surface area (Å²) < 4.78 is 0. The van der Waals surface area contributed by atoms with E-state index in [0.717, 1.165) is 42.2 Å². The van der Waals surface area contributed by atoms with Crippen molar-refractivity contribution >= 4 is 22.7 Å². The van der Waals surface area contributed by atoms with Crippen LogP contribution in [0.3, 0.4) is 0 Å². The molecule has 1 aliphatic heterocycles. The fourth-order valence-corrected chi connectivity index (χ4v) is 3.06. The molecule has 1 aromatic heterocycles. The first kappa shape index (κ1) is 13.1. The van der Waals surface area contributed by atoms with Gasteiger partial charge >= 0.3 is 0 Å². The smallest absolute Gasteiger partial charge is 0.228 e. The third-order valence-electron chi connectivity index (χ3n) is 4.24. The summed E-state index contributed by atoms with van der Waals surface area (Å²) in [5.74, 6) is 1.69. The van der Waals surface area contributed by atoms with Crippen molar-refractivity contribution in [3.8, 4) is 0 Å². The van der Waals surface area contributed by atoms with Gasteiger partial charge in [-0.3, -0.25) is 0 Å². The zero-order valence-corrected chi connectivity index (χ0v) is 12.6. The zero-order chi connectivity index (χ0) is 14.9. The predicted molar refractivity (Wildman–Crippen MR) is 90.3 cm³/mol. The molecule has 0 bridgehead atoms. The standard InChI is InChI=1S/C18H18N4/c1-19-17-15-8-4-5-9-16(15)20-18(21-17)22-11-10-13-6-2-3-7-14(13)12-22/h2-9H,10-12H2,1H3,(H,19,20,21). The van der Waals surface area contributed by atoms with Gasteiger partial charge in [0.15, 0.2) is 0 Å². The molecule has 4 rings (SSSR count). The van der Waals surface area contributed by atoms with Crippen molar-refractivity contribution in [2.24, 2.45) is 0 Å². The second-order valence-electron chi connectivity index (χ2n) is 5.58. The van der Waals surface area contributed by atoms with E-state index in [1.807, 2.05) is 25.2 Å². The van der Waals surface area contributed by atoms with E-state index in [4.69, 9.17) is 9.97 Å². The van der Waals surface area contributed by atoms with Crippen LogP contribution in [0.25, 0.3) is 10.9 Å². The molecule has 0 saturated heterocycles. The Morgan fingerprint density at radius 2 is 1.73 bits per heavy atom. The van der Waals surface area contributed by atoms with Gasteiger partial charge in [-0.1, -0.05) is 36.4 Å². The lowest BCUT2D eigenvalue weighted by molar-refractivity contribution is 0.710. The first-order chi connectivity index (χ1) is 10.8. The normalized spacial score (nSPS) is 14.0. The van der Waals surface area contributed by atoms with Crippen LogP contribution in [0.15, 0.2) is 48.5 Å². The molecular weight excluding hydrogens is 272 g/mol. The molecule has 22 heavy (non-hydrogen) atoms. The van der Waals surface area contributed by atoms with Crippen LogP contribution in [0.1, 0.15) is 11.1 Å². The van der Waals surface area contributed by atoms with E-state index in [9.17, 15) is 0 Å². The maximum absolute atomic E-state index is 4.76. The topological polar surface area (TPSA) is 41.1 Å². The van der Waals surface area contributed by atoms with Gasteiger partial charge in [-0.05, 0) is 29.7 Å². The Morgan fingerprint density at radius 1 is 0.955 bits per heavy atom. The van der Waals surface area contributed by atoms with Gasteiger partial charge in [0.05, 0.1) is 5.52 Å². The molecule has 3 aromatic rings. The van der Waals surface area contributed by atoms with E-state index in [1.54, 1.807) is 0 Å².